The summed E-state index contributed by atoms with van der Waals surface area (Å²) in [6.07, 6.45) is 2.07. The molecule has 0 aliphatic rings. The van der Waals surface area contributed by atoms with Crippen LogP contribution in [-0.4, -0.2) is 5.75 Å². The molecular formula is C12H14Cl2S. The third-order valence-electron chi connectivity index (χ3n) is 2.01. The molecule has 0 aliphatic carbocycles. The van der Waals surface area contributed by atoms with Crippen LogP contribution in [0, 0.1) is 0 Å². The predicted molar refractivity (Wildman–Crippen MR) is 71.9 cm³/mol. The monoisotopic (exact) mass is 260 g/mol. The fourth-order valence-corrected chi connectivity index (χ4v) is 2.63. The Balaban J connectivity index is 2.83. The number of thioether (sulfide) groups is 1. The molecule has 0 nitrogen and oxygen atoms in total. The zero-order valence-corrected chi connectivity index (χ0v) is 11.2. The van der Waals surface area contributed by atoms with E-state index in [9.17, 15) is 0 Å². The van der Waals surface area contributed by atoms with Gasteiger partial charge in [-0.25, -0.2) is 0 Å². The molecule has 0 bridgehead atoms. The van der Waals surface area contributed by atoms with Crippen LogP contribution in [0.4, 0.5) is 0 Å². The van der Waals surface area contributed by atoms with Crippen LogP contribution in [0.15, 0.2) is 35.2 Å². The van der Waals surface area contributed by atoms with Gasteiger partial charge < -0.3 is 0 Å². The van der Waals surface area contributed by atoms with Gasteiger partial charge in [-0.1, -0.05) is 36.7 Å². The van der Waals surface area contributed by atoms with Crippen molar-refractivity contribution in [3.63, 3.8) is 0 Å². The van der Waals surface area contributed by atoms with Gasteiger partial charge in [-0.3, -0.25) is 0 Å². The number of rotatable bonds is 4. The minimum atomic E-state index is -0.0581. The fraction of sp³-hybridized carbons (Fsp3) is 0.333. The lowest BCUT2D eigenvalue weighted by Gasteiger charge is -2.13. The van der Waals surface area contributed by atoms with Crippen molar-refractivity contribution in [2.75, 3.05) is 5.75 Å². The van der Waals surface area contributed by atoms with E-state index in [0.717, 1.165) is 16.3 Å². The number of hydrogen-bond acceptors (Lipinski definition) is 1. The molecule has 0 N–H and O–H groups in total. The van der Waals surface area contributed by atoms with Gasteiger partial charge in [0, 0.05) is 9.93 Å². The Hall–Kier alpha value is -0.110. The van der Waals surface area contributed by atoms with Crippen molar-refractivity contribution in [2.24, 2.45) is 0 Å². The molecule has 3 heteroatoms. The standard InChI is InChI=1S/C12H14Cl2S/c1-3-11(15-4-2)12(14)9-5-7-10(13)8-6-9/h3,5-8,12H,4H2,1-2H3/b11-3-. The van der Waals surface area contributed by atoms with Crippen molar-refractivity contribution in [2.45, 2.75) is 19.2 Å². The summed E-state index contributed by atoms with van der Waals surface area (Å²) in [5, 5.41) is 0.685. The van der Waals surface area contributed by atoms with Gasteiger partial charge in [-0.2, -0.15) is 0 Å². The number of hydrogen-bond donors (Lipinski definition) is 0. The van der Waals surface area contributed by atoms with E-state index < -0.39 is 0 Å². The lowest BCUT2D eigenvalue weighted by molar-refractivity contribution is 1.18. The zero-order valence-electron chi connectivity index (χ0n) is 8.84. The van der Waals surface area contributed by atoms with Crippen molar-refractivity contribution in [3.8, 4) is 0 Å². The van der Waals surface area contributed by atoms with Gasteiger partial charge in [0.25, 0.3) is 0 Å². The maximum atomic E-state index is 6.37. The first-order valence-electron chi connectivity index (χ1n) is 4.87. The second-order valence-corrected chi connectivity index (χ2v) is 5.25. The van der Waals surface area contributed by atoms with Crippen molar-refractivity contribution < 1.29 is 0 Å². The van der Waals surface area contributed by atoms with E-state index in [2.05, 4.69) is 13.0 Å². The van der Waals surface area contributed by atoms with Crippen molar-refractivity contribution >= 4 is 35.0 Å². The lowest BCUT2D eigenvalue weighted by Crippen LogP contribution is -1.92. The summed E-state index contributed by atoms with van der Waals surface area (Å²) >= 11 is 14.0. The van der Waals surface area contributed by atoms with Crippen LogP contribution in [-0.2, 0) is 0 Å². The molecule has 15 heavy (non-hydrogen) atoms. The Bertz CT molecular complexity index is 330. The highest BCUT2D eigenvalue weighted by molar-refractivity contribution is 8.03. The van der Waals surface area contributed by atoms with Crippen LogP contribution in [0.2, 0.25) is 5.02 Å². The van der Waals surface area contributed by atoms with Crippen LogP contribution in [0.3, 0.4) is 0 Å². The summed E-state index contributed by atoms with van der Waals surface area (Å²) in [6, 6.07) is 7.69. The highest BCUT2D eigenvalue weighted by Gasteiger charge is 2.12. The zero-order chi connectivity index (χ0) is 11.3. The van der Waals surface area contributed by atoms with E-state index in [0.29, 0.717) is 0 Å². The summed E-state index contributed by atoms with van der Waals surface area (Å²) in [5.41, 5.74) is 1.09. The highest BCUT2D eigenvalue weighted by Crippen LogP contribution is 2.36. The Morgan fingerprint density at radius 3 is 2.47 bits per heavy atom. The molecule has 0 spiro atoms. The number of allylic oxidation sites excluding steroid dienone is 2. The van der Waals surface area contributed by atoms with Crippen LogP contribution in [0.1, 0.15) is 24.8 Å². The molecule has 1 atom stereocenters. The van der Waals surface area contributed by atoms with Crippen molar-refractivity contribution in [1.82, 2.24) is 0 Å². The Morgan fingerprint density at radius 1 is 1.40 bits per heavy atom. The topological polar surface area (TPSA) is 0 Å². The minimum Gasteiger partial charge on any atom is -0.129 e. The average Bonchev–Trinajstić information content (AvgIpc) is 2.26. The summed E-state index contributed by atoms with van der Waals surface area (Å²) in [7, 11) is 0. The van der Waals surface area contributed by atoms with E-state index in [1.165, 1.54) is 4.91 Å². The van der Waals surface area contributed by atoms with Crippen LogP contribution in [0.25, 0.3) is 0 Å². The Kier molecular flexibility index (Phi) is 5.59. The van der Waals surface area contributed by atoms with Gasteiger partial charge in [-0.15, -0.1) is 23.4 Å². The quantitative estimate of drug-likeness (QED) is 0.665. The Labute approximate surface area is 106 Å². The third-order valence-corrected chi connectivity index (χ3v) is 3.97. The molecule has 0 aliphatic heterocycles. The van der Waals surface area contributed by atoms with Gasteiger partial charge >= 0.3 is 0 Å². The molecule has 0 fully saturated rings. The predicted octanol–water partition coefficient (Wildman–Crippen LogP) is 5.28. The second-order valence-electron chi connectivity index (χ2n) is 3.04. The largest absolute Gasteiger partial charge is 0.129 e. The van der Waals surface area contributed by atoms with Gasteiger partial charge in [0.15, 0.2) is 0 Å². The summed E-state index contributed by atoms with van der Waals surface area (Å²) < 4.78 is 0. The van der Waals surface area contributed by atoms with E-state index in [1.807, 2.05) is 31.2 Å². The maximum Gasteiger partial charge on any atom is 0.0890 e. The molecule has 0 heterocycles. The minimum absolute atomic E-state index is 0.0581. The molecule has 82 valence electrons. The van der Waals surface area contributed by atoms with Gasteiger partial charge in [0.05, 0.1) is 5.38 Å². The highest BCUT2D eigenvalue weighted by atomic mass is 35.5. The second kappa shape index (κ2) is 6.47. The van der Waals surface area contributed by atoms with Crippen LogP contribution in [0.5, 0.6) is 0 Å². The first kappa shape index (κ1) is 13.0. The Morgan fingerprint density at radius 2 is 2.00 bits per heavy atom. The van der Waals surface area contributed by atoms with Gasteiger partial charge in [-0.05, 0) is 30.4 Å². The summed E-state index contributed by atoms with van der Waals surface area (Å²) in [4.78, 5) is 1.20. The van der Waals surface area contributed by atoms with E-state index in [4.69, 9.17) is 23.2 Å². The first-order chi connectivity index (χ1) is 7.19. The van der Waals surface area contributed by atoms with Crippen molar-refractivity contribution in [1.29, 1.82) is 0 Å². The number of alkyl halides is 1. The van der Waals surface area contributed by atoms with Gasteiger partial charge in [0.1, 0.15) is 0 Å². The van der Waals surface area contributed by atoms with Crippen molar-refractivity contribution in [3.05, 3.63) is 45.8 Å². The lowest BCUT2D eigenvalue weighted by atomic mass is 10.1. The molecule has 0 saturated carbocycles. The van der Waals surface area contributed by atoms with E-state index >= 15 is 0 Å². The number of halogens is 2. The summed E-state index contributed by atoms with van der Waals surface area (Å²) in [6.45, 7) is 4.14. The third kappa shape index (κ3) is 3.75. The van der Waals surface area contributed by atoms with E-state index in [-0.39, 0.29) is 5.38 Å². The molecule has 1 rings (SSSR count). The molecule has 0 amide bonds. The molecule has 0 aromatic heterocycles. The molecule has 1 unspecified atom stereocenters. The molecule has 1 aromatic rings. The maximum absolute atomic E-state index is 6.37. The molecule has 1 aromatic carbocycles. The van der Waals surface area contributed by atoms with E-state index in [1.54, 1.807) is 11.8 Å². The molecule has 0 saturated heterocycles. The fourth-order valence-electron chi connectivity index (χ4n) is 1.27. The average molecular weight is 261 g/mol. The normalized spacial score (nSPS) is 14.0. The van der Waals surface area contributed by atoms with Crippen LogP contribution >= 0.6 is 35.0 Å². The number of benzene rings is 1. The van der Waals surface area contributed by atoms with Crippen LogP contribution < -0.4 is 0 Å². The van der Waals surface area contributed by atoms with Gasteiger partial charge in [0.2, 0.25) is 0 Å². The SMILES string of the molecule is C/C=C(\SCC)C(Cl)c1ccc(Cl)cc1. The summed E-state index contributed by atoms with van der Waals surface area (Å²) in [5.74, 6) is 1.04. The smallest absolute Gasteiger partial charge is 0.0890 e. The molecule has 0 radical (unpaired) electrons. The first-order valence-corrected chi connectivity index (χ1v) is 6.67. The molecular weight excluding hydrogens is 247 g/mol.